The lowest BCUT2D eigenvalue weighted by atomic mass is 10.1. The van der Waals surface area contributed by atoms with E-state index in [4.69, 9.17) is 9.72 Å². The second-order valence-corrected chi connectivity index (χ2v) is 9.46. The van der Waals surface area contributed by atoms with E-state index in [-0.39, 0.29) is 11.9 Å². The topological polar surface area (TPSA) is 104 Å². The Labute approximate surface area is 217 Å². The summed E-state index contributed by atoms with van der Waals surface area (Å²) in [5, 5.41) is 11.9. The molecule has 38 heavy (non-hydrogen) atoms. The second kappa shape index (κ2) is 9.35. The van der Waals surface area contributed by atoms with Crippen molar-refractivity contribution < 1.29 is 9.13 Å². The van der Waals surface area contributed by atoms with Crippen LogP contribution in [0.25, 0.3) is 55.8 Å². The lowest BCUT2D eigenvalue weighted by Crippen LogP contribution is -2.34. The fraction of sp³-hybridized carbons (Fsp3) is 0.172. The van der Waals surface area contributed by atoms with Crippen molar-refractivity contribution in [3.05, 3.63) is 79.0 Å². The Morgan fingerprint density at radius 2 is 1.82 bits per heavy atom. The summed E-state index contributed by atoms with van der Waals surface area (Å²) in [6.45, 7) is 1.93. The molecule has 8 nitrogen and oxygen atoms in total. The number of rotatable bonds is 5. The van der Waals surface area contributed by atoms with Crippen LogP contribution in [-0.2, 0) is 0 Å². The molecule has 1 saturated heterocycles. The first-order valence-corrected chi connectivity index (χ1v) is 12.6. The summed E-state index contributed by atoms with van der Waals surface area (Å²) in [6, 6.07) is 16.3. The molecule has 1 aromatic carbocycles. The van der Waals surface area contributed by atoms with E-state index in [1.54, 1.807) is 24.7 Å². The van der Waals surface area contributed by atoms with Crippen molar-refractivity contribution >= 4 is 21.9 Å². The number of piperidine rings is 1. The van der Waals surface area contributed by atoms with Gasteiger partial charge in [-0.25, -0.2) is 9.37 Å². The molecular formula is C29H24FN7O. The molecule has 188 valence electrons. The standard InChI is InChI=1S/C29H24FN7O/c30-19-3-1-2-17(12-19)27-22-14-26(34-24(22)8-11-33-27)29-28-25(36-37-29)5-4-23(35-28)18-13-21(16-32-15-18)38-20-6-9-31-10-7-20/h1-5,8,11-16,20,31,34H,6-7,9-10H2,(H,36,37). The SMILES string of the molecule is Fc1cccc(-c2nccc3[nH]c(-c4n[nH]c5ccc(-c6cncc(OC7CCNCC7)c6)nc45)cc23)c1. The Morgan fingerprint density at radius 3 is 2.71 bits per heavy atom. The van der Waals surface area contributed by atoms with Gasteiger partial charge in [0.2, 0.25) is 0 Å². The normalized spacial score (nSPS) is 14.3. The van der Waals surface area contributed by atoms with Gasteiger partial charge in [0.15, 0.2) is 0 Å². The molecule has 6 aromatic rings. The minimum atomic E-state index is -0.299. The first-order chi connectivity index (χ1) is 18.7. The van der Waals surface area contributed by atoms with Crippen LogP contribution in [0.15, 0.2) is 73.2 Å². The average Bonchev–Trinajstić information content (AvgIpc) is 3.57. The minimum absolute atomic E-state index is 0.193. The summed E-state index contributed by atoms with van der Waals surface area (Å²) in [7, 11) is 0. The van der Waals surface area contributed by atoms with Gasteiger partial charge in [-0.15, -0.1) is 0 Å². The summed E-state index contributed by atoms with van der Waals surface area (Å²) in [4.78, 5) is 17.3. The molecule has 0 unspecified atom stereocenters. The lowest BCUT2D eigenvalue weighted by Gasteiger charge is -2.23. The van der Waals surface area contributed by atoms with E-state index in [0.29, 0.717) is 17.0 Å². The maximum atomic E-state index is 13.9. The molecule has 9 heteroatoms. The van der Waals surface area contributed by atoms with Gasteiger partial charge < -0.3 is 15.0 Å². The van der Waals surface area contributed by atoms with Gasteiger partial charge in [0.05, 0.1) is 28.8 Å². The summed E-state index contributed by atoms with van der Waals surface area (Å²) >= 11 is 0. The van der Waals surface area contributed by atoms with Crippen LogP contribution >= 0.6 is 0 Å². The van der Waals surface area contributed by atoms with E-state index in [9.17, 15) is 4.39 Å². The first kappa shape index (κ1) is 22.6. The highest BCUT2D eigenvalue weighted by molar-refractivity contribution is 5.99. The number of aromatic nitrogens is 6. The third kappa shape index (κ3) is 4.16. The van der Waals surface area contributed by atoms with Crippen molar-refractivity contribution in [1.29, 1.82) is 0 Å². The number of H-pyrrole nitrogens is 2. The number of benzene rings is 1. The van der Waals surface area contributed by atoms with E-state index < -0.39 is 0 Å². The molecule has 0 saturated carbocycles. The molecule has 0 atom stereocenters. The van der Waals surface area contributed by atoms with Crippen LogP contribution < -0.4 is 10.1 Å². The van der Waals surface area contributed by atoms with Gasteiger partial charge in [0.1, 0.15) is 28.9 Å². The Bertz CT molecular complexity index is 1770. The number of nitrogens with zero attached hydrogens (tertiary/aromatic N) is 4. The van der Waals surface area contributed by atoms with Crippen LogP contribution in [0.1, 0.15) is 12.8 Å². The van der Waals surface area contributed by atoms with Crippen LogP contribution in [-0.4, -0.2) is 49.3 Å². The van der Waals surface area contributed by atoms with Crippen LogP contribution in [0.5, 0.6) is 5.75 Å². The zero-order valence-electron chi connectivity index (χ0n) is 20.4. The number of halogens is 1. The van der Waals surface area contributed by atoms with Crippen molar-refractivity contribution in [2.24, 2.45) is 0 Å². The highest BCUT2D eigenvalue weighted by Crippen LogP contribution is 2.33. The molecule has 0 radical (unpaired) electrons. The predicted molar refractivity (Wildman–Crippen MR) is 144 cm³/mol. The molecule has 1 fully saturated rings. The molecule has 0 amide bonds. The van der Waals surface area contributed by atoms with Gasteiger partial charge in [0, 0.05) is 34.4 Å². The number of hydrogen-bond acceptors (Lipinski definition) is 6. The molecular weight excluding hydrogens is 481 g/mol. The molecule has 1 aliphatic heterocycles. The zero-order chi connectivity index (χ0) is 25.5. The first-order valence-electron chi connectivity index (χ1n) is 12.6. The molecule has 0 aliphatic carbocycles. The quantitative estimate of drug-likeness (QED) is 0.286. The molecule has 3 N–H and O–H groups in total. The van der Waals surface area contributed by atoms with Crippen molar-refractivity contribution in [2.45, 2.75) is 18.9 Å². The summed E-state index contributed by atoms with van der Waals surface area (Å²) in [5.74, 6) is 0.448. The number of nitrogens with one attached hydrogen (secondary N) is 3. The Balaban J connectivity index is 1.26. The van der Waals surface area contributed by atoms with E-state index in [0.717, 1.165) is 70.6 Å². The second-order valence-electron chi connectivity index (χ2n) is 9.46. The minimum Gasteiger partial charge on any atom is -0.489 e. The molecule has 0 spiro atoms. The molecule has 0 bridgehead atoms. The average molecular weight is 506 g/mol. The van der Waals surface area contributed by atoms with E-state index in [2.05, 4.69) is 30.5 Å². The number of ether oxygens (including phenoxy) is 1. The van der Waals surface area contributed by atoms with Gasteiger partial charge in [-0.1, -0.05) is 12.1 Å². The number of aromatic amines is 2. The third-order valence-corrected chi connectivity index (χ3v) is 6.91. The van der Waals surface area contributed by atoms with Crippen LogP contribution in [0.3, 0.4) is 0 Å². The predicted octanol–water partition coefficient (Wildman–Crippen LogP) is 5.50. The monoisotopic (exact) mass is 505 g/mol. The fourth-order valence-corrected chi connectivity index (χ4v) is 5.02. The van der Waals surface area contributed by atoms with E-state index >= 15 is 0 Å². The van der Waals surface area contributed by atoms with Gasteiger partial charge in [0.25, 0.3) is 0 Å². The van der Waals surface area contributed by atoms with Gasteiger partial charge in [-0.3, -0.25) is 15.1 Å². The van der Waals surface area contributed by atoms with E-state index in [1.807, 2.05) is 36.4 Å². The zero-order valence-corrected chi connectivity index (χ0v) is 20.4. The summed E-state index contributed by atoms with van der Waals surface area (Å²) < 4.78 is 20.1. The smallest absolute Gasteiger partial charge is 0.138 e. The Morgan fingerprint density at radius 1 is 0.895 bits per heavy atom. The van der Waals surface area contributed by atoms with Crippen LogP contribution in [0.4, 0.5) is 4.39 Å². The van der Waals surface area contributed by atoms with Gasteiger partial charge >= 0.3 is 0 Å². The number of hydrogen-bond donors (Lipinski definition) is 3. The van der Waals surface area contributed by atoms with Crippen molar-refractivity contribution in [2.75, 3.05) is 13.1 Å². The molecule has 1 aliphatic rings. The van der Waals surface area contributed by atoms with Crippen molar-refractivity contribution in [3.8, 4) is 39.7 Å². The van der Waals surface area contributed by atoms with Crippen LogP contribution in [0.2, 0.25) is 0 Å². The Hall–Kier alpha value is -4.63. The van der Waals surface area contributed by atoms with Gasteiger partial charge in [-0.2, -0.15) is 5.10 Å². The van der Waals surface area contributed by atoms with Gasteiger partial charge in [-0.05, 0) is 68.4 Å². The van der Waals surface area contributed by atoms with Crippen LogP contribution in [0, 0.1) is 5.82 Å². The maximum absolute atomic E-state index is 13.9. The largest absolute Gasteiger partial charge is 0.489 e. The third-order valence-electron chi connectivity index (χ3n) is 6.91. The molecule has 5 aromatic heterocycles. The van der Waals surface area contributed by atoms with Crippen molar-refractivity contribution in [1.82, 2.24) is 35.5 Å². The number of fused-ring (bicyclic) bond motifs is 2. The Kier molecular flexibility index (Phi) is 5.55. The lowest BCUT2D eigenvalue weighted by molar-refractivity contribution is 0.162. The maximum Gasteiger partial charge on any atom is 0.138 e. The fourth-order valence-electron chi connectivity index (χ4n) is 5.02. The highest BCUT2D eigenvalue weighted by Gasteiger charge is 2.18. The number of pyridine rings is 3. The summed E-state index contributed by atoms with van der Waals surface area (Å²) in [6.07, 6.45) is 7.42. The molecule has 7 rings (SSSR count). The highest BCUT2D eigenvalue weighted by atomic mass is 19.1. The van der Waals surface area contributed by atoms with E-state index in [1.165, 1.54) is 12.1 Å². The van der Waals surface area contributed by atoms with Crippen molar-refractivity contribution in [3.63, 3.8) is 0 Å². The summed E-state index contributed by atoms with van der Waals surface area (Å²) in [5.41, 5.74) is 7.00. The molecule has 6 heterocycles.